The average Bonchev–Trinajstić information content (AvgIpc) is 2.53. The molecule has 24 heavy (non-hydrogen) atoms. The van der Waals surface area contributed by atoms with E-state index in [4.69, 9.17) is 4.74 Å². The Morgan fingerprint density at radius 2 is 2.00 bits per heavy atom. The van der Waals surface area contributed by atoms with Gasteiger partial charge in [-0.1, -0.05) is 6.07 Å². The molecule has 0 unspecified atom stereocenters. The summed E-state index contributed by atoms with van der Waals surface area (Å²) in [5, 5.41) is 10.8. The van der Waals surface area contributed by atoms with Crippen molar-refractivity contribution in [3.63, 3.8) is 0 Å². The van der Waals surface area contributed by atoms with E-state index < -0.39 is 4.92 Å². The average molecular weight is 325 g/mol. The molecular formula is C17H15N3O4. The third kappa shape index (κ3) is 3.10. The van der Waals surface area contributed by atoms with E-state index >= 15 is 0 Å². The zero-order valence-corrected chi connectivity index (χ0v) is 13.2. The van der Waals surface area contributed by atoms with Gasteiger partial charge in [0.05, 0.1) is 10.6 Å². The summed E-state index contributed by atoms with van der Waals surface area (Å²) in [7, 11) is 0. The molecule has 0 aliphatic heterocycles. The number of aryl methyl sites for hydroxylation is 2. The van der Waals surface area contributed by atoms with E-state index in [-0.39, 0.29) is 17.9 Å². The molecule has 0 amide bonds. The molecule has 0 radical (unpaired) electrons. The predicted octanol–water partition coefficient (Wildman–Crippen LogP) is 2.80. The lowest BCUT2D eigenvalue weighted by atomic mass is 10.2. The molecule has 0 saturated carbocycles. The Morgan fingerprint density at radius 1 is 1.21 bits per heavy atom. The van der Waals surface area contributed by atoms with Gasteiger partial charge in [0.2, 0.25) is 0 Å². The molecule has 0 atom stereocenters. The van der Waals surface area contributed by atoms with Gasteiger partial charge in [-0.2, -0.15) is 0 Å². The van der Waals surface area contributed by atoms with Crippen LogP contribution in [0.5, 0.6) is 5.75 Å². The number of rotatable bonds is 4. The second kappa shape index (κ2) is 6.11. The van der Waals surface area contributed by atoms with Gasteiger partial charge in [-0.15, -0.1) is 0 Å². The van der Waals surface area contributed by atoms with Crippen LogP contribution in [0, 0.1) is 24.0 Å². The van der Waals surface area contributed by atoms with Crippen molar-refractivity contribution in [1.29, 1.82) is 0 Å². The number of nitro benzene ring substituents is 1. The van der Waals surface area contributed by atoms with Gasteiger partial charge in [-0.25, -0.2) is 4.98 Å². The number of pyridine rings is 1. The first-order valence-electron chi connectivity index (χ1n) is 7.31. The summed E-state index contributed by atoms with van der Waals surface area (Å²) in [6.07, 6.45) is 1.73. The maximum atomic E-state index is 12.1. The maximum absolute atomic E-state index is 12.1. The molecule has 2 heterocycles. The normalized spacial score (nSPS) is 10.8. The van der Waals surface area contributed by atoms with Crippen molar-refractivity contribution in [2.45, 2.75) is 20.5 Å². The summed E-state index contributed by atoms with van der Waals surface area (Å²) >= 11 is 0. The highest BCUT2D eigenvalue weighted by atomic mass is 16.6. The Hall–Kier alpha value is -3.22. The molecule has 0 saturated heterocycles. The first-order valence-corrected chi connectivity index (χ1v) is 7.31. The molecular weight excluding hydrogens is 310 g/mol. The van der Waals surface area contributed by atoms with Gasteiger partial charge in [0.25, 0.3) is 11.2 Å². The van der Waals surface area contributed by atoms with E-state index in [0.29, 0.717) is 22.7 Å². The topological polar surface area (TPSA) is 86.7 Å². The number of ether oxygens (including phenoxy) is 1. The molecule has 3 rings (SSSR count). The molecule has 2 aromatic heterocycles. The summed E-state index contributed by atoms with van der Waals surface area (Å²) in [5.41, 5.74) is 2.39. The zero-order valence-electron chi connectivity index (χ0n) is 13.2. The monoisotopic (exact) mass is 325 g/mol. The Labute approximate surface area is 137 Å². The van der Waals surface area contributed by atoms with Crippen molar-refractivity contribution in [2.75, 3.05) is 0 Å². The highest BCUT2D eigenvalue weighted by Gasteiger charge is 2.11. The fourth-order valence-electron chi connectivity index (χ4n) is 2.41. The van der Waals surface area contributed by atoms with Gasteiger partial charge < -0.3 is 4.74 Å². The van der Waals surface area contributed by atoms with Gasteiger partial charge in [0.1, 0.15) is 18.0 Å². The van der Waals surface area contributed by atoms with Crippen LogP contribution in [0.1, 0.15) is 16.8 Å². The quantitative estimate of drug-likeness (QED) is 0.544. The van der Waals surface area contributed by atoms with Crippen molar-refractivity contribution in [2.24, 2.45) is 0 Å². The zero-order chi connectivity index (χ0) is 17.3. The number of hydrogen-bond acceptors (Lipinski definition) is 5. The Bertz CT molecular complexity index is 995. The summed E-state index contributed by atoms with van der Waals surface area (Å²) in [6.45, 7) is 3.66. The molecule has 122 valence electrons. The number of nitro groups is 1. The smallest absolute Gasteiger partial charge is 0.272 e. The number of fused-ring (bicyclic) bond motifs is 1. The predicted molar refractivity (Wildman–Crippen MR) is 88.4 cm³/mol. The maximum Gasteiger partial charge on any atom is 0.272 e. The van der Waals surface area contributed by atoms with Crippen LogP contribution in [-0.4, -0.2) is 14.3 Å². The lowest BCUT2D eigenvalue weighted by Crippen LogP contribution is -2.16. The fraction of sp³-hybridized carbons (Fsp3) is 0.176. The van der Waals surface area contributed by atoms with Crippen molar-refractivity contribution in [1.82, 2.24) is 9.38 Å². The van der Waals surface area contributed by atoms with Crippen LogP contribution in [0.4, 0.5) is 5.69 Å². The number of aromatic nitrogens is 2. The van der Waals surface area contributed by atoms with Gasteiger partial charge >= 0.3 is 0 Å². The van der Waals surface area contributed by atoms with Crippen molar-refractivity contribution >= 4 is 11.3 Å². The standard InChI is InChI=1S/C17H15N3O4/c1-11-3-6-16-18-13(8-17(21)19(16)9-11)10-24-14-4-5-15(20(22)23)12(2)7-14/h3-9H,10H2,1-2H3. The molecule has 0 aliphatic carbocycles. The van der Waals surface area contributed by atoms with Crippen molar-refractivity contribution < 1.29 is 9.66 Å². The van der Waals surface area contributed by atoms with E-state index in [1.54, 1.807) is 25.3 Å². The molecule has 7 nitrogen and oxygen atoms in total. The first-order chi connectivity index (χ1) is 11.4. The molecule has 0 bridgehead atoms. The second-order valence-electron chi connectivity index (χ2n) is 5.51. The SMILES string of the molecule is Cc1ccc2nc(COc3ccc([N+](=O)[O-])c(C)c3)cc(=O)n2c1. The molecule has 0 N–H and O–H groups in total. The van der Waals surface area contributed by atoms with Crippen LogP contribution < -0.4 is 10.3 Å². The van der Waals surface area contributed by atoms with Gasteiger partial charge in [-0.3, -0.25) is 19.3 Å². The van der Waals surface area contributed by atoms with Crippen LogP contribution in [0.3, 0.4) is 0 Å². The largest absolute Gasteiger partial charge is 0.487 e. The highest BCUT2D eigenvalue weighted by molar-refractivity contribution is 5.44. The minimum atomic E-state index is -0.438. The van der Waals surface area contributed by atoms with Gasteiger partial charge in [0, 0.05) is 23.9 Å². The lowest BCUT2D eigenvalue weighted by molar-refractivity contribution is -0.385. The minimum absolute atomic E-state index is 0.0415. The van der Waals surface area contributed by atoms with Crippen LogP contribution in [0.15, 0.2) is 47.4 Å². The van der Waals surface area contributed by atoms with E-state index in [0.717, 1.165) is 5.56 Å². The van der Waals surface area contributed by atoms with Crippen LogP contribution in [0.2, 0.25) is 0 Å². The van der Waals surface area contributed by atoms with Crippen molar-refractivity contribution in [3.8, 4) is 5.75 Å². The molecule has 1 aromatic carbocycles. The van der Waals surface area contributed by atoms with Crippen molar-refractivity contribution in [3.05, 3.63) is 79.9 Å². The first kappa shape index (κ1) is 15.7. The fourth-order valence-corrected chi connectivity index (χ4v) is 2.41. The molecule has 0 aliphatic rings. The Balaban J connectivity index is 1.83. The van der Waals surface area contributed by atoms with Gasteiger partial charge in [-0.05, 0) is 37.6 Å². The van der Waals surface area contributed by atoms with E-state index in [1.165, 1.54) is 22.6 Å². The van der Waals surface area contributed by atoms with Crippen LogP contribution in [-0.2, 0) is 6.61 Å². The number of nitrogens with zero attached hydrogens (tertiary/aromatic N) is 3. The Morgan fingerprint density at radius 3 is 2.71 bits per heavy atom. The summed E-state index contributed by atoms with van der Waals surface area (Å²) in [4.78, 5) is 26.9. The molecule has 7 heteroatoms. The van der Waals surface area contributed by atoms with Gasteiger partial charge in [0.15, 0.2) is 0 Å². The summed E-state index contributed by atoms with van der Waals surface area (Å²) in [6, 6.07) is 9.60. The summed E-state index contributed by atoms with van der Waals surface area (Å²) in [5.74, 6) is 0.490. The third-order valence-electron chi connectivity index (χ3n) is 3.61. The molecule has 3 aromatic rings. The lowest BCUT2D eigenvalue weighted by Gasteiger charge is -2.08. The van der Waals surface area contributed by atoms with E-state index in [1.807, 2.05) is 13.0 Å². The van der Waals surface area contributed by atoms with Crippen LogP contribution in [0.25, 0.3) is 5.65 Å². The second-order valence-corrected chi connectivity index (χ2v) is 5.51. The summed E-state index contributed by atoms with van der Waals surface area (Å²) < 4.78 is 7.08. The molecule has 0 fully saturated rings. The Kier molecular flexibility index (Phi) is 3.99. The number of hydrogen-bond donors (Lipinski definition) is 0. The van der Waals surface area contributed by atoms with Crippen LogP contribution >= 0.6 is 0 Å². The molecule has 0 spiro atoms. The third-order valence-corrected chi connectivity index (χ3v) is 3.61. The highest BCUT2D eigenvalue weighted by Crippen LogP contribution is 2.23. The minimum Gasteiger partial charge on any atom is -0.487 e. The number of benzene rings is 1. The van der Waals surface area contributed by atoms with E-state index in [2.05, 4.69) is 4.98 Å². The van der Waals surface area contributed by atoms with E-state index in [9.17, 15) is 14.9 Å².